The molecular weight excluding hydrogens is 277 g/mol. The van der Waals surface area contributed by atoms with Crippen LogP contribution in [-0.2, 0) is 0 Å². The molecule has 4 rings (SSSR count). The molecule has 3 heteroatoms. The highest BCUT2D eigenvalue weighted by Crippen LogP contribution is 2.51. The predicted octanol–water partition coefficient (Wildman–Crippen LogP) is 4.83. The van der Waals surface area contributed by atoms with Crippen LogP contribution in [0.3, 0.4) is 0 Å². The SMILES string of the molecule is CN(C)[C@@H]1C2CCC(CC2)[C@@H]1c1ccc(Cl)c(Cl)c1. The van der Waals surface area contributed by atoms with Crippen molar-refractivity contribution in [1.82, 2.24) is 4.90 Å². The lowest BCUT2D eigenvalue weighted by Crippen LogP contribution is -2.49. The first kappa shape index (κ1) is 13.7. The topological polar surface area (TPSA) is 3.24 Å². The summed E-state index contributed by atoms with van der Waals surface area (Å²) in [7, 11) is 4.44. The monoisotopic (exact) mass is 297 g/mol. The van der Waals surface area contributed by atoms with Gasteiger partial charge in [-0.05, 0) is 69.3 Å². The standard InChI is InChI=1S/C16H21Cl2N/c1-19(2)16-11-5-3-10(4-6-11)15(16)12-7-8-13(17)14(18)9-12/h7-11,15-16H,3-6H2,1-2H3/t10?,11?,15-,16-/m1/s1. The van der Waals surface area contributed by atoms with E-state index in [1.807, 2.05) is 6.07 Å². The second-order valence-corrected chi connectivity index (χ2v) is 7.14. The lowest BCUT2D eigenvalue weighted by Gasteiger charge is -2.51. The Hall–Kier alpha value is -0.240. The number of fused-ring (bicyclic) bond motifs is 3. The summed E-state index contributed by atoms with van der Waals surface area (Å²) >= 11 is 12.3. The quantitative estimate of drug-likeness (QED) is 0.756. The summed E-state index contributed by atoms with van der Waals surface area (Å²) in [4.78, 5) is 2.42. The van der Waals surface area contributed by atoms with Crippen molar-refractivity contribution in [2.24, 2.45) is 11.8 Å². The highest BCUT2D eigenvalue weighted by molar-refractivity contribution is 6.42. The number of nitrogens with zero attached hydrogens (tertiary/aromatic N) is 1. The molecule has 0 aliphatic heterocycles. The Morgan fingerprint density at radius 3 is 2.16 bits per heavy atom. The van der Waals surface area contributed by atoms with Crippen molar-refractivity contribution in [2.45, 2.75) is 37.6 Å². The fourth-order valence-electron chi connectivity index (χ4n) is 4.35. The van der Waals surface area contributed by atoms with E-state index in [2.05, 4.69) is 31.1 Å². The van der Waals surface area contributed by atoms with E-state index in [4.69, 9.17) is 23.2 Å². The molecule has 0 aromatic heterocycles. The molecule has 0 heterocycles. The van der Waals surface area contributed by atoms with Gasteiger partial charge in [0.2, 0.25) is 0 Å². The molecule has 2 atom stereocenters. The number of likely N-dealkylation sites (N-methyl/N-ethyl adjacent to an activating group) is 1. The maximum absolute atomic E-state index is 6.22. The Balaban J connectivity index is 1.98. The Labute approximate surface area is 125 Å². The van der Waals surface area contributed by atoms with Crippen LogP contribution in [-0.4, -0.2) is 25.0 Å². The van der Waals surface area contributed by atoms with Gasteiger partial charge in [0.25, 0.3) is 0 Å². The maximum atomic E-state index is 6.22. The normalized spacial score (nSPS) is 33.9. The molecule has 3 fully saturated rings. The summed E-state index contributed by atoms with van der Waals surface area (Å²) in [5.41, 5.74) is 1.38. The molecule has 104 valence electrons. The van der Waals surface area contributed by atoms with Crippen LogP contribution in [0.2, 0.25) is 10.0 Å². The van der Waals surface area contributed by atoms with Crippen LogP contribution >= 0.6 is 23.2 Å². The Kier molecular flexibility index (Phi) is 3.81. The Morgan fingerprint density at radius 2 is 1.58 bits per heavy atom. The summed E-state index contributed by atoms with van der Waals surface area (Å²) in [6, 6.07) is 6.88. The molecule has 19 heavy (non-hydrogen) atoms. The first-order valence-electron chi connectivity index (χ1n) is 7.19. The highest BCUT2D eigenvalue weighted by Gasteiger charge is 2.45. The zero-order valence-corrected chi connectivity index (χ0v) is 13.1. The summed E-state index contributed by atoms with van der Waals surface area (Å²) in [6.45, 7) is 0. The minimum Gasteiger partial charge on any atom is -0.306 e. The van der Waals surface area contributed by atoms with Gasteiger partial charge >= 0.3 is 0 Å². The molecule has 0 saturated heterocycles. The van der Waals surface area contributed by atoms with Crippen molar-refractivity contribution in [2.75, 3.05) is 14.1 Å². The van der Waals surface area contributed by atoms with E-state index < -0.39 is 0 Å². The third kappa shape index (κ3) is 2.41. The van der Waals surface area contributed by atoms with Gasteiger partial charge in [-0.15, -0.1) is 0 Å². The molecule has 0 radical (unpaired) electrons. The highest BCUT2D eigenvalue weighted by atomic mass is 35.5. The molecule has 1 aromatic rings. The molecule has 0 unspecified atom stereocenters. The molecular formula is C16H21Cl2N. The second-order valence-electron chi connectivity index (χ2n) is 6.33. The van der Waals surface area contributed by atoms with Gasteiger partial charge in [0.1, 0.15) is 0 Å². The molecule has 3 aliphatic rings. The van der Waals surface area contributed by atoms with Crippen LogP contribution in [0.1, 0.15) is 37.2 Å². The molecule has 0 spiro atoms. The number of hydrogen-bond acceptors (Lipinski definition) is 1. The van der Waals surface area contributed by atoms with Gasteiger partial charge in [-0.25, -0.2) is 0 Å². The van der Waals surface area contributed by atoms with E-state index >= 15 is 0 Å². The number of benzene rings is 1. The molecule has 1 nitrogen and oxygen atoms in total. The largest absolute Gasteiger partial charge is 0.306 e. The van der Waals surface area contributed by atoms with Crippen LogP contribution < -0.4 is 0 Å². The van der Waals surface area contributed by atoms with Crippen LogP contribution in [0.15, 0.2) is 18.2 Å². The summed E-state index contributed by atoms with van der Waals surface area (Å²) in [6.07, 6.45) is 5.54. The average Bonchev–Trinajstić information content (AvgIpc) is 2.42. The molecule has 3 saturated carbocycles. The smallest absolute Gasteiger partial charge is 0.0595 e. The number of rotatable bonds is 2. The third-order valence-corrected chi connectivity index (χ3v) is 5.84. The van der Waals surface area contributed by atoms with Crippen molar-refractivity contribution >= 4 is 23.2 Å². The molecule has 3 aliphatic carbocycles. The van der Waals surface area contributed by atoms with E-state index in [-0.39, 0.29) is 0 Å². The third-order valence-electron chi connectivity index (χ3n) is 5.10. The van der Waals surface area contributed by atoms with Crippen molar-refractivity contribution < 1.29 is 0 Å². The average molecular weight is 298 g/mol. The minimum absolute atomic E-state index is 0.622. The van der Waals surface area contributed by atoms with Crippen LogP contribution in [0, 0.1) is 11.8 Å². The lowest BCUT2D eigenvalue weighted by atomic mass is 9.59. The summed E-state index contributed by atoms with van der Waals surface area (Å²) in [5, 5.41) is 1.35. The van der Waals surface area contributed by atoms with E-state index in [0.29, 0.717) is 22.0 Å². The number of halogens is 2. The van der Waals surface area contributed by atoms with E-state index in [1.54, 1.807) is 0 Å². The first-order chi connectivity index (χ1) is 9.08. The van der Waals surface area contributed by atoms with Crippen molar-refractivity contribution in [3.63, 3.8) is 0 Å². The van der Waals surface area contributed by atoms with Crippen molar-refractivity contribution in [3.8, 4) is 0 Å². The van der Waals surface area contributed by atoms with Gasteiger partial charge in [0.05, 0.1) is 10.0 Å². The van der Waals surface area contributed by atoms with E-state index in [1.165, 1.54) is 31.2 Å². The minimum atomic E-state index is 0.622. The van der Waals surface area contributed by atoms with Crippen molar-refractivity contribution in [3.05, 3.63) is 33.8 Å². The van der Waals surface area contributed by atoms with Gasteiger partial charge in [0.15, 0.2) is 0 Å². The van der Waals surface area contributed by atoms with Crippen LogP contribution in [0.25, 0.3) is 0 Å². The fraction of sp³-hybridized carbons (Fsp3) is 0.625. The van der Waals surface area contributed by atoms with Crippen LogP contribution in [0.4, 0.5) is 0 Å². The molecule has 2 bridgehead atoms. The van der Waals surface area contributed by atoms with Gasteiger partial charge in [-0.1, -0.05) is 29.3 Å². The van der Waals surface area contributed by atoms with E-state index in [0.717, 1.165) is 11.8 Å². The van der Waals surface area contributed by atoms with Crippen LogP contribution in [0.5, 0.6) is 0 Å². The molecule has 0 amide bonds. The Bertz CT molecular complexity index is 464. The van der Waals surface area contributed by atoms with Gasteiger partial charge in [-0.2, -0.15) is 0 Å². The Morgan fingerprint density at radius 1 is 0.947 bits per heavy atom. The maximum Gasteiger partial charge on any atom is 0.0595 e. The number of hydrogen-bond donors (Lipinski definition) is 0. The molecule has 1 aromatic carbocycles. The molecule has 0 N–H and O–H groups in total. The van der Waals surface area contributed by atoms with Gasteiger partial charge < -0.3 is 4.90 Å². The zero-order valence-electron chi connectivity index (χ0n) is 11.6. The zero-order chi connectivity index (χ0) is 13.6. The first-order valence-corrected chi connectivity index (χ1v) is 7.95. The van der Waals surface area contributed by atoms with Gasteiger partial charge in [-0.3, -0.25) is 0 Å². The fourth-order valence-corrected chi connectivity index (χ4v) is 4.66. The van der Waals surface area contributed by atoms with Gasteiger partial charge in [0, 0.05) is 12.0 Å². The van der Waals surface area contributed by atoms with Crippen molar-refractivity contribution in [1.29, 1.82) is 0 Å². The lowest BCUT2D eigenvalue weighted by molar-refractivity contribution is 0.0370. The summed E-state index contributed by atoms with van der Waals surface area (Å²) < 4.78 is 0. The predicted molar refractivity (Wildman–Crippen MR) is 82.1 cm³/mol. The summed E-state index contributed by atoms with van der Waals surface area (Å²) in [5.74, 6) is 2.28. The second kappa shape index (κ2) is 5.27. The van der Waals surface area contributed by atoms with E-state index in [9.17, 15) is 0 Å².